The molecule has 17 heavy (non-hydrogen) atoms. The molecule has 0 fully saturated rings. The minimum Gasteiger partial charge on any atom is -0.384 e. The van der Waals surface area contributed by atoms with E-state index in [4.69, 9.17) is 11.1 Å². The van der Waals surface area contributed by atoms with Crippen molar-refractivity contribution in [3.63, 3.8) is 0 Å². The van der Waals surface area contributed by atoms with Gasteiger partial charge in [0.25, 0.3) is 0 Å². The molecule has 2 rings (SSSR count). The molecule has 0 atom stereocenters. The molecule has 2 heterocycles. The molecule has 0 spiro atoms. The van der Waals surface area contributed by atoms with Gasteiger partial charge < -0.3 is 5.73 Å². The molecule has 0 saturated carbocycles. The molecule has 0 amide bonds. The summed E-state index contributed by atoms with van der Waals surface area (Å²) in [6.45, 7) is 0. The second kappa shape index (κ2) is 4.00. The summed E-state index contributed by atoms with van der Waals surface area (Å²) in [5, 5.41) is 21.8. The average molecular weight is 232 g/mol. The maximum atomic E-state index is 10.5. The molecule has 0 aromatic carbocycles. The summed E-state index contributed by atoms with van der Waals surface area (Å²) in [6.07, 6.45) is 5.28. The number of pyridine rings is 1. The lowest BCUT2D eigenvalue weighted by Gasteiger charge is -2.05. The average Bonchev–Trinajstić information content (AvgIpc) is 2.78. The van der Waals surface area contributed by atoms with E-state index >= 15 is 0 Å². The van der Waals surface area contributed by atoms with Gasteiger partial charge in [0.15, 0.2) is 0 Å². The number of nitrogen functional groups attached to an aromatic ring is 1. The summed E-state index contributed by atoms with van der Waals surface area (Å²) < 4.78 is 1.27. The molecule has 8 nitrogen and oxygen atoms in total. The fourth-order valence-corrected chi connectivity index (χ4v) is 1.34. The lowest BCUT2D eigenvalue weighted by molar-refractivity contribution is -0.384. The Morgan fingerprint density at radius 1 is 1.53 bits per heavy atom. The van der Waals surface area contributed by atoms with Gasteiger partial charge in [-0.1, -0.05) is 0 Å². The zero-order valence-corrected chi connectivity index (χ0v) is 8.57. The van der Waals surface area contributed by atoms with Crippen LogP contribution in [0.25, 0.3) is 5.69 Å². The maximum absolute atomic E-state index is 10.5. The molecule has 0 aliphatic rings. The molecule has 3 N–H and O–H groups in total. The molecule has 0 unspecified atom stereocenters. The van der Waals surface area contributed by atoms with Crippen molar-refractivity contribution >= 4 is 11.5 Å². The number of hydrogen-bond donors (Lipinski definition) is 2. The lowest BCUT2D eigenvalue weighted by atomic mass is 10.2. The van der Waals surface area contributed by atoms with Crippen molar-refractivity contribution in [2.24, 2.45) is 5.73 Å². The Morgan fingerprint density at radius 2 is 2.29 bits per heavy atom. The predicted molar refractivity (Wildman–Crippen MR) is 59.0 cm³/mol. The molecule has 0 aliphatic heterocycles. The summed E-state index contributed by atoms with van der Waals surface area (Å²) >= 11 is 0. The van der Waals surface area contributed by atoms with Crippen LogP contribution in [-0.2, 0) is 0 Å². The fraction of sp³-hybridized carbons (Fsp3) is 0. The first kappa shape index (κ1) is 10.7. The number of amidine groups is 1. The number of nitrogens with two attached hydrogens (primary N) is 1. The van der Waals surface area contributed by atoms with Crippen LogP contribution in [0.3, 0.4) is 0 Å². The largest absolute Gasteiger partial charge is 0.384 e. The number of nitrogens with zero attached hydrogens (tertiary/aromatic N) is 4. The fourth-order valence-electron chi connectivity index (χ4n) is 1.34. The van der Waals surface area contributed by atoms with Crippen molar-refractivity contribution in [1.82, 2.24) is 14.8 Å². The van der Waals surface area contributed by atoms with E-state index in [-0.39, 0.29) is 11.5 Å². The van der Waals surface area contributed by atoms with E-state index in [1.807, 2.05) is 0 Å². The molecule has 0 saturated heterocycles. The predicted octanol–water partition coefficient (Wildman–Crippen LogP) is 0.460. The Bertz CT molecular complexity index is 591. The highest BCUT2D eigenvalue weighted by atomic mass is 16.6. The Hall–Kier alpha value is -2.77. The second-order valence-electron chi connectivity index (χ2n) is 3.21. The summed E-state index contributed by atoms with van der Waals surface area (Å²) in [7, 11) is 0. The summed E-state index contributed by atoms with van der Waals surface area (Å²) in [6, 6.07) is 1.55. The van der Waals surface area contributed by atoms with E-state index in [1.165, 1.54) is 23.3 Å². The van der Waals surface area contributed by atoms with E-state index in [0.29, 0.717) is 11.3 Å². The SMILES string of the molecule is N=C(N)c1ccncc1-n1cc([N+](=O)[O-])cn1. The number of hydrogen-bond acceptors (Lipinski definition) is 5. The van der Waals surface area contributed by atoms with Gasteiger partial charge in [-0.3, -0.25) is 20.5 Å². The van der Waals surface area contributed by atoms with Crippen molar-refractivity contribution in [3.05, 3.63) is 46.5 Å². The van der Waals surface area contributed by atoms with Crippen LogP contribution in [0.4, 0.5) is 5.69 Å². The van der Waals surface area contributed by atoms with Crippen LogP contribution in [0.1, 0.15) is 5.56 Å². The van der Waals surface area contributed by atoms with Gasteiger partial charge in [-0.2, -0.15) is 5.10 Å². The third-order valence-electron chi connectivity index (χ3n) is 2.12. The van der Waals surface area contributed by atoms with Crippen molar-refractivity contribution in [3.8, 4) is 5.69 Å². The van der Waals surface area contributed by atoms with E-state index < -0.39 is 4.92 Å². The number of rotatable bonds is 3. The van der Waals surface area contributed by atoms with Gasteiger partial charge in [-0.25, -0.2) is 4.68 Å². The smallest absolute Gasteiger partial charge is 0.307 e. The summed E-state index contributed by atoms with van der Waals surface area (Å²) in [5.74, 6) is -0.152. The zero-order chi connectivity index (χ0) is 12.4. The first-order chi connectivity index (χ1) is 8.09. The topological polar surface area (TPSA) is 124 Å². The highest BCUT2D eigenvalue weighted by molar-refractivity contribution is 5.98. The van der Waals surface area contributed by atoms with Crippen LogP contribution in [0, 0.1) is 15.5 Å². The van der Waals surface area contributed by atoms with Gasteiger partial charge in [0.05, 0.1) is 16.8 Å². The van der Waals surface area contributed by atoms with Gasteiger partial charge in [-0.05, 0) is 6.07 Å². The van der Waals surface area contributed by atoms with Crippen LogP contribution in [0.15, 0.2) is 30.9 Å². The summed E-state index contributed by atoms with van der Waals surface area (Å²) in [5.41, 5.74) is 6.10. The van der Waals surface area contributed by atoms with Crippen LogP contribution >= 0.6 is 0 Å². The first-order valence-corrected chi connectivity index (χ1v) is 4.57. The number of nitrogens with one attached hydrogen (secondary N) is 1. The monoisotopic (exact) mass is 232 g/mol. The highest BCUT2D eigenvalue weighted by Gasteiger charge is 2.13. The van der Waals surface area contributed by atoms with Gasteiger partial charge in [0.1, 0.15) is 18.2 Å². The van der Waals surface area contributed by atoms with Crippen molar-refractivity contribution in [2.45, 2.75) is 0 Å². The minimum absolute atomic E-state index is 0.136. The van der Waals surface area contributed by atoms with Gasteiger partial charge in [-0.15, -0.1) is 0 Å². The van der Waals surface area contributed by atoms with E-state index in [2.05, 4.69) is 10.1 Å². The summed E-state index contributed by atoms with van der Waals surface area (Å²) in [4.78, 5) is 13.9. The molecular weight excluding hydrogens is 224 g/mol. The molecule has 8 heteroatoms. The van der Waals surface area contributed by atoms with Crippen LogP contribution < -0.4 is 5.73 Å². The number of aromatic nitrogens is 3. The van der Waals surface area contributed by atoms with Crippen molar-refractivity contribution in [1.29, 1.82) is 5.41 Å². The minimum atomic E-state index is -0.548. The lowest BCUT2D eigenvalue weighted by Crippen LogP contribution is -2.15. The Morgan fingerprint density at radius 3 is 2.88 bits per heavy atom. The van der Waals surface area contributed by atoms with E-state index in [1.54, 1.807) is 6.07 Å². The van der Waals surface area contributed by atoms with Crippen LogP contribution in [0.2, 0.25) is 0 Å². The number of nitro groups is 1. The third kappa shape index (κ3) is 1.95. The highest BCUT2D eigenvalue weighted by Crippen LogP contribution is 2.15. The Labute approximate surface area is 95.4 Å². The van der Waals surface area contributed by atoms with Crippen molar-refractivity contribution in [2.75, 3.05) is 0 Å². The molecular formula is C9H8N6O2. The Balaban J connectivity index is 2.52. The Kier molecular flexibility index (Phi) is 2.53. The van der Waals surface area contributed by atoms with E-state index in [0.717, 1.165) is 6.20 Å². The third-order valence-corrected chi connectivity index (χ3v) is 2.12. The molecule has 2 aromatic rings. The second-order valence-corrected chi connectivity index (χ2v) is 3.21. The molecule has 0 bridgehead atoms. The standard InChI is InChI=1S/C9H8N6O2/c10-9(11)7-1-2-12-4-8(7)14-5-6(3-13-14)15(16)17/h1-5H,(H3,10,11). The quantitative estimate of drug-likeness (QED) is 0.344. The first-order valence-electron chi connectivity index (χ1n) is 4.57. The van der Waals surface area contributed by atoms with Gasteiger partial charge >= 0.3 is 5.69 Å². The van der Waals surface area contributed by atoms with Crippen LogP contribution in [-0.4, -0.2) is 25.5 Å². The molecule has 0 radical (unpaired) electrons. The van der Waals surface area contributed by atoms with Crippen molar-refractivity contribution < 1.29 is 4.92 Å². The molecule has 0 aliphatic carbocycles. The van der Waals surface area contributed by atoms with Crippen LogP contribution in [0.5, 0.6) is 0 Å². The van der Waals surface area contributed by atoms with Gasteiger partial charge in [0.2, 0.25) is 0 Å². The van der Waals surface area contributed by atoms with E-state index in [9.17, 15) is 10.1 Å². The molecule has 86 valence electrons. The zero-order valence-electron chi connectivity index (χ0n) is 8.57. The van der Waals surface area contributed by atoms with Gasteiger partial charge in [0, 0.05) is 11.8 Å². The molecule has 2 aromatic heterocycles. The maximum Gasteiger partial charge on any atom is 0.307 e. The normalized spacial score (nSPS) is 10.1.